The molecule has 0 bridgehead atoms. The van der Waals surface area contributed by atoms with Crippen LogP contribution in [-0.4, -0.2) is 58.8 Å². The average Bonchev–Trinajstić information content (AvgIpc) is 2.79. The minimum atomic E-state index is -0.732. The van der Waals surface area contributed by atoms with Gasteiger partial charge < -0.3 is 19.7 Å². The molecule has 1 aromatic carbocycles. The van der Waals surface area contributed by atoms with Gasteiger partial charge in [0.1, 0.15) is 12.8 Å². The number of fused-ring (bicyclic) bond motifs is 1. The van der Waals surface area contributed by atoms with E-state index in [0.29, 0.717) is 24.0 Å². The van der Waals surface area contributed by atoms with Gasteiger partial charge in [-0.15, -0.1) is 0 Å². The predicted octanol–water partition coefficient (Wildman–Crippen LogP) is 0.115. The first kappa shape index (κ1) is 15.1. The van der Waals surface area contributed by atoms with Crippen molar-refractivity contribution in [3.05, 3.63) is 35.4 Å². The first-order chi connectivity index (χ1) is 10.6. The number of carbonyl (C=O) groups excluding carboxylic acids is 2. The maximum atomic E-state index is 12.2. The zero-order valence-electron chi connectivity index (χ0n) is 11.8. The molecule has 0 spiro atoms. The van der Waals surface area contributed by atoms with Crippen LogP contribution in [0.3, 0.4) is 0 Å². The van der Waals surface area contributed by atoms with Crippen molar-refractivity contribution in [1.29, 1.82) is 0 Å². The highest BCUT2D eigenvalue weighted by Gasteiger charge is 2.36. The van der Waals surface area contributed by atoms with E-state index >= 15 is 0 Å². The van der Waals surface area contributed by atoms with E-state index < -0.39 is 30.3 Å². The predicted molar refractivity (Wildman–Crippen MR) is 73.9 cm³/mol. The van der Waals surface area contributed by atoms with E-state index in [-0.39, 0.29) is 13.3 Å². The van der Waals surface area contributed by atoms with Crippen LogP contribution in [0.1, 0.15) is 33.6 Å². The van der Waals surface area contributed by atoms with Crippen LogP contribution in [0.5, 0.6) is 0 Å². The lowest BCUT2D eigenvalue weighted by Crippen LogP contribution is -2.43. The van der Waals surface area contributed by atoms with Crippen molar-refractivity contribution in [2.75, 3.05) is 13.3 Å². The zero-order chi connectivity index (χ0) is 15.7. The van der Waals surface area contributed by atoms with E-state index in [1.54, 1.807) is 24.3 Å². The van der Waals surface area contributed by atoms with Gasteiger partial charge in [-0.2, -0.15) is 0 Å². The number of aliphatic hydroxyl groups excluding tert-OH is 2. The van der Waals surface area contributed by atoms with E-state index in [1.165, 1.54) is 0 Å². The third kappa shape index (κ3) is 2.64. The van der Waals surface area contributed by atoms with Gasteiger partial charge >= 0.3 is 0 Å². The molecule has 2 aliphatic heterocycles. The van der Waals surface area contributed by atoms with Crippen molar-refractivity contribution < 1.29 is 29.3 Å². The second-order valence-corrected chi connectivity index (χ2v) is 5.31. The fourth-order valence-corrected chi connectivity index (χ4v) is 2.65. The summed E-state index contributed by atoms with van der Waals surface area (Å²) in [6.45, 7) is -0.528. The Morgan fingerprint density at radius 3 is 2.41 bits per heavy atom. The number of ether oxygens (including phenoxy) is 2. The average molecular weight is 307 g/mol. The number of carbonyl (C=O) groups is 2. The molecule has 2 N–H and O–H groups in total. The maximum Gasteiger partial charge on any atom is 0.263 e. The third-order valence-electron chi connectivity index (χ3n) is 3.90. The van der Waals surface area contributed by atoms with Gasteiger partial charge in [0.2, 0.25) is 0 Å². The minimum Gasteiger partial charge on any atom is -0.394 e. The van der Waals surface area contributed by atoms with Crippen LogP contribution in [0.2, 0.25) is 0 Å². The SMILES string of the molecule is O=C1c2ccccc2C(=O)N1CO[C@@H]1CC[C@H](O)[C@@H](CO)O1. The number of hydrogen-bond acceptors (Lipinski definition) is 6. The molecule has 0 unspecified atom stereocenters. The monoisotopic (exact) mass is 307 g/mol. The van der Waals surface area contributed by atoms with Gasteiger partial charge in [0.25, 0.3) is 11.8 Å². The Balaban J connectivity index is 1.61. The highest BCUT2D eigenvalue weighted by atomic mass is 16.7. The molecule has 22 heavy (non-hydrogen) atoms. The van der Waals surface area contributed by atoms with Crippen molar-refractivity contribution in [2.24, 2.45) is 0 Å². The Bertz CT molecular complexity index is 554. The van der Waals surface area contributed by atoms with Gasteiger partial charge in [0.05, 0.1) is 23.8 Å². The van der Waals surface area contributed by atoms with Crippen LogP contribution in [-0.2, 0) is 9.47 Å². The van der Waals surface area contributed by atoms with Crippen molar-refractivity contribution in [2.45, 2.75) is 31.3 Å². The standard InChI is InChI=1S/C15H17NO6/c17-7-12-11(18)5-6-13(22-12)21-8-16-14(19)9-3-1-2-4-10(9)15(16)20/h1-4,11-13,17-18H,5-8H2/t11-,12+,13-/m0/s1. The van der Waals surface area contributed by atoms with Crippen LogP contribution in [0.15, 0.2) is 24.3 Å². The quantitative estimate of drug-likeness (QED) is 0.767. The largest absolute Gasteiger partial charge is 0.394 e. The lowest BCUT2D eigenvalue weighted by molar-refractivity contribution is -0.236. The summed E-state index contributed by atoms with van der Waals surface area (Å²) in [6.07, 6.45) is -1.24. The molecular weight excluding hydrogens is 290 g/mol. The van der Waals surface area contributed by atoms with Gasteiger partial charge in [-0.25, -0.2) is 4.90 Å². The van der Waals surface area contributed by atoms with Gasteiger partial charge in [0, 0.05) is 6.42 Å². The molecule has 7 nitrogen and oxygen atoms in total. The molecule has 1 saturated heterocycles. The fourth-order valence-electron chi connectivity index (χ4n) is 2.65. The molecule has 0 radical (unpaired) electrons. The highest BCUT2D eigenvalue weighted by Crippen LogP contribution is 2.24. The first-order valence-electron chi connectivity index (χ1n) is 7.13. The van der Waals surface area contributed by atoms with E-state index in [1.807, 2.05) is 0 Å². The molecule has 118 valence electrons. The second kappa shape index (κ2) is 6.13. The lowest BCUT2D eigenvalue weighted by atomic mass is 10.1. The van der Waals surface area contributed by atoms with Crippen LogP contribution in [0, 0.1) is 0 Å². The Labute approximate surface area is 127 Å². The molecule has 7 heteroatoms. The van der Waals surface area contributed by atoms with Gasteiger partial charge in [-0.1, -0.05) is 12.1 Å². The number of imide groups is 1. The summed E-state index contributed by atoms with van der Waals surface area (Å²) in [4.78, 5) is 25.3. The Kier molecular flexibility index (Phi) is 4.21. The van der Waals surface area contributed by atoms with Crippen LogP contribution in [0.4, 0.5) is 0 Å². The molecular formula is C15H17NO6. The minimum absolute atomic E-state index is 0.217. The number of nitrogens with zero attached hydrogens (tertiary/aromatic N) is 1. The van der Waals surface area contributed by atoms with Crippen molar-refractivity contribution in [1.82, 2.24) is 4.90 Å². The topological polar surface area (TPSA) is 96.3 Å². The third-order valence-corrected chi connectivity index (χ3v) is 3.90. The van der Waals surface area contributed by atoms with Gasteiger partial charge in [-0.05, 0) is 18.6 Å². The number of rotatable bonds is 4. The summed E-state index contributed by atoms with van der Waals surface area (Å²) in [6, 6.07) is 6.60. The van der Waals surface area contributed by atoms with Crippen LogP contribution < -0.4 is 0 Å². The number of hydrogen-bond donors (Lipinski definition) is 2. The normalized spacial score (nSPS) is 28.1. The second-order valence-electron chi connectivity index (χ2n) is 5.31. The lowest BCUT2D eigenvalue weighted by Gasteiger charge is -2.33. The summed E-state index contributed by atoms with van der Waals surface area (Å²) in [5, 5.41) is 18.7. The van der Waals surface area contributed by atoms with Crippen LogP contribution >= 0.6 is 0 Å². The molecule has 0 saturated carbocycles. The summed E-state index contributed by atoms with van der Waals surface area (Å²) in [7, 11) is 0. The number of aliphatic hydroxyl groups is 2. The van der Waals surface area contributed by atoms with Crippen molar-refractivity contribution in [3.63, 3.8) is 0 Å². The molecule has 0 aromatic heterocycles. The Morgan fingerprint density at radius 2 is 1.82 bits per heavy atom. The van der Waals surface area contributed by atoms with E-state index in [4.69, 9.17) is 14.6 Å². The molecule has 2 aliphatic rings. The fraction of sp³-hybridized carbons (Fsp3) is 0.467. The number of benzene rings is 1. The summed E-state index contributed by atoms with van der Waals surface area (Å²) < 4.78 is 10.8. The molecule has 2 amide bonds. The van der Waals surface area contributed by atoms with Crippen LogP contribution in [0.25, 0.3) is 0 Å². The summed E-state index contributed by atoms with van der Waals surface area (Å²) in [5.74, 6) is -0.787. The molecule has 2 heterocycles. The van der Waals surface area contributed by atoms with Crippen molar-refractivity contribution in [3.8, 4) is 0 Å². The molecule has 1 aromatic rings. The zero-order valence-corrected chi connectivity index (χ0v) is 11.8. The molecule has 0 aliphatic carbocycles. The summed E-state index contributed by atoms with van der Waals surface area (Å²) in [5.41, 5.74) is 0.730. The van der Waals surface area contributed by atoms with Gasteiger partial charge in [-0.3, -0.25) is 9.59 Å². The van der Waals surface area contributed by atoms with E-state index in [0.717, 1.165) is 4.90 Å². The first-order valence-corrected chi connectivity index (χ1v) is 7.13. The van der Waals surface area contributed by atoms with Crippen molar-refractivity contribution >= 4 is 11.8 Å². The van der Waals surface area contributed by atoms with Gasteiger partial charge in [0.15, 0.2) is 6.29 Å². The number of amides is 2. The maximum absolute atomic E-state index is 12.2. The van der Waals surface area contributed by atoms with E-state index in [9.17, 15) is 14.7 Å². The van der Waals surface area contributed by atoms with E-state index in [2.05, 4.69) is 0 Å². The highest BCUT2D eigenvalue weighted by molar-refractivity contribution is 6.21. The molecule has 3 rings (SSSR count). The Morgan fingerprint density at radius 1 is 1.18 bits per heavy atom. The Hall–Kier alpha value is -1.80. The molecule has 3 atom stereocenters. The smallest absolute Gasteiger partial charge is 0.263 e. The summed E-state index contributed by atoms with van der Waals surface area (Å²) >= 11 is 0. The molecule has 1 fully saturated rings.